The van der Waals surface area contributed by atoms with Crippen LogP contribution >= 0.6 is 0 Å². The van der Waals surface area contributed by atoms with Gasteiger partial charge in [-0.1, -0.05) is 24.3 Å². The van der Waals surface area contributed by atoms with Crippen molar-refractivity contribution in [3.63, 3.8) is 0 Å². The second kappa shape index (κ2) is 4.96. The number of benzene rings is 1. The van der Waals surface area contributed by atoms with Crippen molar-refractivity contribution in [3.8, 4) is 0 Å². The van der Waals surface area contributed by atoms with Crippen molar-refractivity contribution in [3.05, 3.63) is 35.4 Å². The third-order valence-electron chi connectivity index (χ3n) is 1.91. The lowest BCUT2D eigenvalue weighted by atomic mass is 10.1. The van der Waals surface area contributed by atoms with Gasteiger partial charge in [0.25, 0.3) is 0 Å². The SMILES string of the molecule is Cc1ccccc1C[N+](C)(C)C.[I-]. The lowest BCUT2D eigenvalue weighted by Gasteiger charge is -2.24. The summed E-state index contributed by atoms with van der Waals surface area (Å²) in [6, 6.07) is 8.58. The standard InChI is InChI=1S/C11H18N.HI/c1-10-7-5-6-8-11(10)9-12(2,3)4;/h5-8H,9H2,1-4H3;1H/q+1;/p-1. The zero-order valence-electron chi connectivity index (χ0n) is 8.84. The van der Waals surface area contributed by atoms with Crippen molar-refractivity contribution in [1.29, 1.82) is 0 Å². The lowest BCUT2D eigenvalue weighted by molar-refractivity contribution is -0.884. The van der Waals surface area contributed by atoms with Gasteiger partial charge >= 0.3 is 0 Å². The van der Waals surface area contributed by atoms with E-state index in [1.54, 1.807) is 0 Å². The average molecular weight is 291 g/mol. The van der Waals surface area contributed by atoms with Crippen LogP contribution in [-0.2, 0) is 6.54 Å². The van der Waals surface area contributed by atoms with Crippen LogP contribution < -0.4 is 24.0 Å². The molecule has 0 saturated carbocycles. The van der Waals surface area contributed by atoms with Gasteiger partial charge in [-0.2, -0.15) is 0 Å². The van der Waals surface area contributed by atoms with Gasteiger partial charge in [0, 0.05) is 5.56 Å². The van der Waals surface area contributed by atoms with E-state index in [9.17, 15) is 0 Å². The van der Waals surface area contributed by atoms with E-state index in [0.29, 0.717) is 0 Å². The molecule has 1 aromatic rings. The van der Waals surface area contributed by atoms with Crippen molar-refractivity contribution in [2.75, 3.05) is 21.1 Å². The summed E-state index contributed by atoms with van der Waals surface area (Å²) in [6.07, 6.45) is 0. The monoisotopic (exact) mass is 291 g/mol. The Labute approximate surface area is 98.4 Å². The van der Waals surface area contributed by atoms with Crippen LogP contribution in [0.5, 0.6) is 0 Å². The van der Waals surface area contributed by atoms with Crippen LogP contribution in [0.4, 0.5) is 0 Å². The Morgan fingerprint density at radius 1 is 1.08 bits per heavy atom. The average Bonchev–Trinajstić information content (AvgIpc) is 1.91. The first-order chi connectivity index (χ1) is 5.49. The van der Waals surface area contributed by atoms with Gasteiger partial charge in [0.2, 0.25) is 0 Å². The zero-order valence-corrected chi connectivity index (χ0v) is 11.0. The number of halogens is 1. The predicted octanol–water partition coefficient (Wildman–Crippen LogP) is -0.795. The summed E-state index contributed by atoms with van der Waals surface area (Å²) in [5.41, 5.74) is 2.84. The van der Waals surface area contributed by atoms with Crippen LogP contribution in [0.3, 0.4) is 0 Å². The fourth-order valence-corrected chi connectivity index (χ4v) is 1.30. The van der Waals surface area contributed by atoms with Crippen molar-refractivity contribution >= 4 is 0 Å². The summed E-state index contributed by atoms with van der Waals surface area (Å²) in [5, 5.41) is 0. The Morgan fingerprint density at radius 3 is 2.08 bits per heavy atom. The molecule has 0 N–H and O–H groups in total. The molecule has 1 rings (SSSR count). The first-order valence-corrected chi connectivity index (χ1v) is 4.34. The van der Waals surface area contributed by atoms with E-state index >= 15 is 0 Å². The highest BCUT2D eigenvalue weighted by atomic mass is 127. The van der Waals surface area contributed by atoms with Gasteiger partial charge in [-0.3, -0.25) is 0 Å². The van der Waals surface area contributed by atoms with E-state index in [4.69, 9.17) is 0 Å². The molecule has 0 bridgehead atoms. The van der Waals surface area contributed by atoms with Gasteiger partial charge in [0.05, 0.1) is 21.1 Å². The highest BCUT2D eigenvalue weighted by Gasteiger charge is 2.09. The van der Waals surface area contributed by atoms with Crippen molar-refractivity contribution in [2.45, 2.75) is 13.5 Å². The van der Waals surface area contributed by atoms with Crippen molar-refractivity contribution in [2.24, 2.45) is 0 Å². The van der Waals surface area contributed by atoms with Gasteiger partial charge < -0.3 is 28.5 Å². The molecule has 0 aromatic heterocycles. The van der Waals surface area contributed by atoms with Gasteiger partial charge in [-0.05, 0) is 12.5 Å². The Bertz CT molecular complexity index is 263. The van der Waals surface area contributed by atoms with Gasteiger partial charge in [-0.15, -0.1) is 0 Å². The summed E-state index contributed by atoms with van der Waals surface area (Å²) in [5.74, 6) is 0. The molecule has 0 spiro atoms. The van der Waals surface area contributed by atoms with E-state index < -0.39 is 0 Å². The van der Waals surface area contributed by atoms with Crippen LogP contribution in [-0.4, -0.2) is 25.6 Å². The Morgan fingerprint density at radius 2 is 1.62 bits per heavy atom. The maximum Gasteiger partial charge on any atom is 0.104 e. The number of aryl methyl sites for hydroxylation is 1. The molecule has 0 aliphatic heterocycles. The van der Waals surface area contributed by atoms with Crippen LogP contribution in [0.1, 0.15) is 11.1 Å². The molecule has 0 aliphatic rings. The van der Waals surface area contributed by atoms with E-state index in [2.05, 4.69) is 52.3 Å². The minimum atomic E-state index is 0. The van der Waals surface area contributed by atoms with Crippen LogP contribution in [0.15, 0.2) is 24.3 Å². The van der Waals surface area contributed by atoms with Crippen molar-refractivity contribution in [1.82, 2.24) is 0 Å². The Kier molecular flexibility index (Phi) is 4.92. The second-order valence-electron chi connectivity index (χ2n) is 4.37. The molecule has 0 heterocycles. The largest absolute Gasteiger partial charge is 1.00 e. The highest BCUT2D eigenvalue weighted by molar-refractivity contribution is 5.24. The molecule has 0 atom stereocenters. The molecule has 0 aliphatic carbocycles. The normalized spacial score (nSPS) is 10.8. The number of quaternary nitrogens is 1. The highest BCUT2D eigenvalue weighted by Crippen LogP contribution is 2.11. The predicted molar refractivity (Wildman–Crippen MR) is 52.9 cm³/mol. The molecule has 74 valence electrons. The molecular formula is C11H18IN. The van der Waals surface area contributed by atoms with E-state index in [0.717, 1.165) is 11.0 Å². The summed E-state index contributed by atoms with van der Waals surface area (Å²) in [4.78, 5) is 0. The van der Waals surface area contributed by atoms with Crippen LogP contribution in [0, 0.1) is 6.92 Å². The molecule has 2 heteroatoms. The summed E-state index contributed by atoms with van der Waals surface area (Å²) < 4.78 is 0.991. The quantitative estimate of drug-likeness (QED) is 0.495. The lowest BCUT2D eigenvalue weighted by Crippen LogP contribution is -3.00. The van der Waals surface area contributed by atoms with Gasteiger partial charge in [0.1, 0.15) is 6.54 Å². The molecule has 0 saturated heterocycles. The first-order valence-electron chi connectivity index (χ1n) is 4.34. The topological polar surface area (TPSA) is 0 Å². The minimum absolute atomic E-state index is 0. The smallest absolute Gasteiger partial charge is 0.104 e. The van der Waals surface area contributed by atoms with E-state index in [-0.39, 0.29) is 24.0 Å². The fourth-order valence-electron chi connectivity index (χ4n) is 1.30. The minimum Gasteiger partial charge on any atom is -1.00 e. The zero-order chi connectivity index (χ0) is 9.19. The number of hydrogen-bond donors (Lipinski definition) is 0. The summed E-state index contributed by atoms with van der Waals surface area (Å²) in [7, 11) is 6.64. The molecular weight excluding hydrogens is 273 g/mol. The molecule has 0 unspecified atom stereocenters. The second-order valence-corrected chi connectivity index (χ2v) is 4.37. The van der Waals surface area contributed by atoms with Gasteiger partial charge in [0.15, 0.2) is 0 Å². The van der Waals surface area contributed by atoms with E-state index in [1.807, 2.05) is 0 Å². The Balaban J connectivity index is 0.00000144. The molecule has 0 fully saturated rings. The molecule has 1 aromatic carbocycles. The summed E-state index contributed by atoms with van der Waals surface area (Å²) >= 11 is 0. The molecule has 1 nitrogen and oxygen atoms in total. The number of rotatable bonds is 2. The summed E-state index contributed by atoms with van der Waals surface area (Å²) in [6.45, 7) is 3.28. The first kappa shape index (κ1) is 12.9. The number of nitrogens with zero attached hydrogens (tertiary/aromatic N) is 1. The molecule has 13 heavy (non-hydrogen) atoms. The molecule has 0 radical (unpaired) electrons. The Hall–Kier alpha value is -0.0900. The molecule has 0 amide bonds. The van der Waals surface area contributed by atoms with E-state index in [1.165, 1.54) is 11.1 Å². The van der Waals surface area contributed by atoms with Crippen LogP contribution in [0.25, 0.3) is 0 Å². The van der Waals surface area contributed by atoms with Crippen molar-refractivity contribution < 1.29 is 28.5 Å². The van der Waals surface area contributed by atoms with Crippen LogP contribution in [0.2, 0.25) is 0 Å². The fraction of sp³-hybridized carbons (Fsp3) is 0.455. The van der Waals surface area contributed by atoms with Gasteiger partial charge in [-0.25, -0.2) is 0 Å². The third-order valence-corrected chi connectivity index (χ3v) is 1.91. The third kappa shape index (κ3) is 4.62. The number of hydrogen-bond acceptors (Lipinski definition) is 0. The maximum atomic E-state index is 2.21. The maximum absolute atomic E-state index is 2.21.